The zero-order chi connectivity index (χ0) is 13.8. The number of rotatable bonds is 4. The second-order valence-electron chi connectivity index (χ2n) is 4.15. The molecule has 19 heavy (non-hydrogen) atoms. The Labute approximate surface area is 119 Å². The number of carbonyl (C=O) groups is 1. The molecule has 2 nitrogen and oxygen atoms in total. The third kappa shape index (κ3) is 3.89. The van der Waals surface area contributed by atoms with Crippen molar-refractivity contribution in [2.75, 3.05) is 0 Å². The minimum atomic E-state index is -0.314. The summed E-state index contributed by atoms with van der Waals surface area (Å²) in [6.07, 6.45) is 0. The van der Waals surface area contributed by atoms with E-state index in [1.54, 1.807) is 30.3 Å². The van der Waals surface area contributed by atoms with Crippen molar-refractivity contribution in [1.29, 1.82) is 0 Å². The fourth-order valence-electron chi connectivity index (χ4n) is 1.67. The molecule has 4 heteroatoms. The molecule has 98 valence electrons. The van der Waals surface area contributed by atoms with E-state index in [4.69, 9.17) is 4.74 Å². The largest absolute Gasteiger partial charge is 0.489 e. The first kappa shape index (κ1) is 13.7. The molecule has 0 aliphatic heterocycles. The highest BCUT2D eigenvalue weighted by Crippen LogP contribution is 2.18. The van der Waals surface area contributed by atoms with Gasteiger partial charge in [0, 0.05) is 10.0 Å². The molecule has 0 amide bonds. The molecule has 0 atom stereocenters. The number of ketones is 1. The van der Waals surface area contributed by atoms with Gasteiger partial charge in [0.15, 0.2) is 5.78 Å². The average molecular weight is 323 g/mol. The number of benzene rings is 2. The number of ether oxygens (including phenoxy) is 1. The van der Waals surface area contributed by atoms with Gasteiger partial charge in [0.1, 0.15) is 18.2 Å². The normalized spacial score (nSPS) is 10.3. The minimum Gasteiger partial charge on any atom is -0.489 e. The molecule has 0 spiro atoms. The fourth-order valence-corrected chi connectivity index (χ4v) is 2.18. The number of hydrogen-bond acceptors (Lipinski definition) is 2. The van der Waals surface area contributed by atoms with E-state index < -0.39 is 0 Å². The van der Waals surface area contributed by atoms with E-state index in [0.717, 1.165) is 5.56 Å². The van der Waals surface area contributed by atoms with Gasteiger partial charge in [-0.15, -0.1) is 0 Å². The van der Waals surface area contributed by atoms with Gasteiger partial charge >= 0.3 is 0 Å². The van der Waals surface area contributed by atoms with Gasteiger partial charge in [-0.2, -0.15) is 0 Å². The third-order valence-corrected chi connectivity index (χ3v) is 3.03. The van der Waals surface area contributed by atoms with Gasteiger partial charge in [-0.3, -0.25) is 4.79 Å². The first-order valence-corrected chi connectivity index (χ1v) is 6.52. The van der Waals surface area contributed by atoms with Crippen LogP contribution in [-0.4, -0.2) is 5.78 Å². The van der Waals surface area contributed by atoms with Crippen LogP contribution in [0.2, 0.25) is 0 Å². The molecule has 0 unspecified atom stereocenters. The Morgan fingerprint density at radius 3 is 2.74 bits per heavy atom. The van der Waals surface area contributed by atoms with Crippen molar-refractivity contribution in [3.05, 3.63) is 63.9 Å². The molecule has 2 rings (SSSR count). The second-order valence-corrected chi connectivity index (χ2v) is 5.07. The van der Waals surface area contributed by atoms with Crippen LogP contribution in [0.5, 0.6) is 5.75 Å². The summed E-state index contributed by atoms with van der Waals surface area (Å²) in [5.74, 6) is 0.262. The number of hydrogen-bond donors (Lipinski definition) is 0. The predicted octanol–water partition coefficient (Wildman–Crippen LogP) is 4.37. The van der Waals surface area contributed by atoms with Crippen LogP contribution in [0.4, 0.5) is 4.39 Å². The maximum Gasteiger partial charge on any atom is 0.159 e. The standard InChI is InChI=1S/C15H12BrFO2/c1-10(18)12-3-2-4-15(7-12)19-9-11-5-13(16)8-14(17)6-11/h2-8H,9H2,1H3. The maximum atomic E-state index is 13.2. The van der Waals surface area contributed by atoms with Crippen LogP contribution in [0.25, 0.3) is 0 Å². The first-order valence-electron chi connectivity index (χ1n) is 5.73. The van der Waals surface area contributed by atoms with Crippen LogP contribution in [0, 0.1) is 5.82 Å². The highest BCUT2D eigenvalue weighted by atomic mass is 79.9. The zero-order valence-electron chi connectivity index (χ0n) is 10.3. The smallest absolute Gasteiger partial charge is 0.159 e. The monoisotopic (exact) mass is 322 g/mol. The van der Waals surface area contributed by atoms with Gasteiger partial charge in [-0.1, -0.05) is 28.1 Å². The average Bonchev–Trinajstić information content (AvgIpc) is 2.35. The van der Waals surface area contributed by atoms with Crippen molar-refractivity contribution in [1.82, 2.24) is 0 Å². The van der Waals surface area contributed by atoms with E-state index in [0.29, 0.717) is 15.8 Å². The summed E-state index contributed by atoms with van der Waals surface area (Å²) in [5, 5.41) is 0. The Morgan fingerprint density at radius 1 is 1.26 bits per heavy atom. The summed E-state index contributed by atoms with van der Waals surface area (Å²) in [6.45, 7) is 1.75. The van der Waals surface area contributed by atoms with Crippen LogP contribution in [-0.2, 0) is 6.61 Å². The number of Topliss-reactive ketones (excluding diaryl/α,β-unsaturated/α-hetero) is 1. The molecule has 0 aliphatic rings. The molecule has 0 aliphatic carbocycles. The molecule has 0 bridgehead atoms. The molecule has 0 saturated heterocycles. The Bertz CT molecular complexity index is 591. The lowest BCUT2D eigenvalue weighted by atomic mass is 10.1. The molecule has 0 aromatic heterocycles. The predicted molar refractivity (Wildman–Crippen MR) is 74.9 cm³/mol. The first-order chi connectivity index (χ1) is 9.04. The highest BCUT2D eigenvalue weighted by molar-refractivity contribution is 9.10. The lowest BCUT2D eigenvalue weighted by Crippen LogP contribution is -1.98. The molecule has 2 aromatic carbocycles. The summed E-state index contributed by atoms with van der Waals surface area (Å²) in [7, 11) is 0. The van der Waals surface area contributed by atoms with Gasteiger partial charge in [0.25, 0.3) is 0 Å². The zero-order valence-corrected chi connectivity index (χ0v) is 11.9. The fraction of sp³-hybridized carbons (Fsp3) is 0.133. The molecule has 0 saturated carbocycles. The molecule has 0 fully saturated rings. The van der Waals surface area contributed by atoms with Crippen molar-refractivity contribution in [3.63, 3.8) is 0 Å². The van der Waals surface area contributed by atoms with Crippen molar-refractivity contribution in [3.8, 4) is 5.75 Å². The van der Waals surface area contributed by atoms with Gasteiger partial charge in [0.05, 0.1) is 0 Å². The Morgan fingerprint density at radius 2 is 2.05 bits per heavy atom. The Hall–Kier alpha value is -1.68. The SMILES string of the molecule is CC(=O)c1cccc(OCc2cc(F)cc(Br)c2)c1. The maximum absolute atomic E-state index is 13.2. The number of carbonyl (C=O) groups excluding carboxylic acids is 1. The summed E-state index contributed by atoms with van der Waals surface area (Å²) >= 11 is 3.23. The quantitative estimate of drug-likeness (QED) is 0.781. The van der Waals surface area contributed by atoms with E-state index in [1.165, 1.54) is 19.1 Å². The lowest BCUT2D eigenvalue weighted by Gasteiger charge is -2.08. The van der Waals surface area contributed by atoms with E-state index in [1.807, 2.05) is 0 Å². The van der Waals surface area contributed by atoms with Gasteiger partial charge in [-0.25, -0.2) is 4.39 Å². The summed E-state index contributed by atoms with van der Waals surface area (Å²) < 4.78 is 19.4. The van der Waals surface area contributed by atoms with Crippen molar-refractivity contribution >= 4 is 21.7 Å². The van der Waals surface area contributed by atoms with Gasteiger partial charge in [0.2, 0.25) is 0 Å². The van der Waals surface area contributed by atoms with Gasteiger partial charge < -0.3 is 4.74 Å². The van der Waals surface area contributed by atoms with Crippen molar-refractivity contribution in [2.24, 2.45) is 0 Å². The van der Waals surface area contributed by atoms with Gasteiger partial charge in [-0.05, 0) is 42.8 Å². The van der Waals surface area contributed by atoms with Crippen LogP contribution in [0.1, 0.15) is 22.8 Å². The molecular weight excluding hydrogens is 311 g/mol. The van der Waals surface area contributed by atoms with Crippen LogP contribution in [0.3, 0.4) is 0 Å². The van der Waals surface area contributed by atoms with Crippen molar-refractivity contribution in [2.45, 2.75) is 13.5 Å². The van der Waals surface area contributed by atoms with E-state index in [9.17, 15) is 9.18 Å². The summed E-state index contributed by atoms with van der Waals surface area (Å²) in [4.78, 5) is 11.2. The second kappa shape index (κ2) is 5.97. The lowest BCUT2D eigenvalue weighted by molar-refractivity contribution is 0.101. The minimum absolute atomic E-state index is 0.0149. The van der Waals surface area contributed by atoms with E-state index in [2.05, 4.69) is 15.9 Å². The summed E-state index contributed by atoms with van der Waals surface area (Å²) in [6, 6.07) is 11.5. The van der Waals surface area contributed by atoms with Crippen molar-refractivity contribution < 1.29 is 13.9 Å². The molecule has 0 N–H and O–H groups in total. The Kier molecular flexibility index (Phi) is 4.32. The number of halogens is 2. The molecule has 2 aromatic rings. The molecule has 0 radical (unpaired) electrons. The highest BCUT2D eigenvalue weighted by Gasteiger charge is 2.03. The third-order valence-electron chi connectivity index (χ3n) is 2.57. The van der Waals surface area contributed by atoms with Crippen LogP contribution < -0.4 is 4.74 Å². The van der Waals surface area contributed by atoms with Crippen LogP contribution >= 0.6 is 15.9 Å². The topological polar surface area (TPSA) is 26.3 Å². The molecular formula is C15H12BrFO2. The van der Waals surface area contributed by atoms with E-state index in [-0.39, 0.29) is 18.2 Å². The van der Waals surface area contributed by atoms with Crippen LogP contribution in [0.15, 0.2) is 46.9 Å². The summed E-state index contributed by atoms with van der Waals surface area (Å²) in [5.41, 5.74) is 1.32. The van der Waals surface area contributed by atoms with E-state index >= 15 is 0 Å². The Balaban J connectivity index is 2.10. The molecule has 0 heterocycles.